The molecule has 1 aromatic rings. The summed E-state index contributed by atoms with van der Waals surface area (Å²) >= 11 is 3.34. The van der Waals surface area contributed by atoms with E-state index in [-0.39, 0.29) is 11.2 Å². The van der Waals surface area contributed by atoms with Gasteiger partial charge in [-0.25, -0.2) is 0 Å². The van der Waals surface area contributed by atoms with Crippen LogP contribution < -0.4 is 5.32 Å². The Balaban J connectivity index is 2.01. The average Bonchev–Trinajstić information content (AvgIpc) is 2.92. The predicted molar refractivity (Wildman–Crippen MR) is 91.0 cm³/mol. The molecular formula is C15H20N2OS2. The van der Waals surface area contributed by atoms with Gasteiger partial charge in [0.2, 0.25) is 5.91 Å². The van der Waals surface area contributed by atoms with Gasteiger partial charge in [0.25, 0.3) is 0 Å². The Morgan fingerprint density at radius 2 is 2.30 bits per heavy atom. The zero-order valence-corrected chi connectivity index (χ0v) is 13.7. The van der Waals surface area contributed by atoms with Crippen molar-refractivity contribution in [3.63, 3.8) is 0 Å². The molecule has 1 unspecified atom stereocenters. The van der Waals surface area contributed by atoms with Crippen LogP contribution in [0.25, 0.3) is 0 Å². The third-order valence-electron chi connectivity index (χ3n) is 3.10. The maximum Gasteiger partial charge on any atom is 0.237 e. The summed E-state index contributed by atoms with van der Waals surface area (Å²) in [6.07, 6.45) is 0.807. The molecule has 108 valence electrons. The molecule has 1 aliphatic rings. The fourth-order valence-electron chi connectivity index (χ4n) is 2.00. The average molecular weight is 308 g/mol. The molecule has 0 aliphatic carbocycles. The van der Waals surface area contributed by atoms with Crippen LogP contribution in [-0.2, 0) is 4.79 Å². The number of amides is 1. The number of carbonyl (C=O) groups is 1. The van der Waals surface area contributed by atoms with Crippen LogP contribution in [0.5, 0.6) is 0 Å². The molecule has 0 saturated carbocycles. The lowest BCUT2D eigenvalue weighted by Gasteiger charge is -2.15. The van der Waals surface area contributed by atoms with Crippen molar-refractivity contribution in [2.75, 3.05) is 17.6 Å². The summed E-state index contributed by atoms with van der Waals surface area (Å²) in [5, 5.41) is 2.97. The van der Waals surface area contributed by atoms with E-state index >= 15 is 0 Å². The predicted octanol–water partition coefficient (Wildman–Crippen LogP) is 3.86. The monoisotopic (exact) mass is 308 g/mol. The first-order chi connectivity index (χ1) is 9.60. The molecule has 5 heteroatoms. The van der Waals surface area contributed by atoms with Crippen LogP contribution in [0, 0.1) is 13.8 Å². The zero-order chi connectivity index (χ0) is 14.5. The van der Waals surface area contributed by atoms with Crippen LogP contribution in [0.2, 0.25) is 0 Å². The van der Waals surface area contributed by atoms with Gasteiger partial charge in [0.15, 0.2) is 0 Å². The van der Waals surface area contributed by atoms with Crippen LogP contribution in [0.1, 0.15) is 24.5 Å². The summed E-state index contributed by atoms with van der Waals surface area (Å²) in [5.41, 5.74) is 3.21. The van der Waals surface area contributed by atoms with Crippen LogP contribution in [0.4, 0.5) is 5.69 Å². The summed E-state index contributed by atoms with van der Waals surface area (Å²) in [7, 11) is 0. The highest BCUT2D eigenvalue weighted by atomic mass is 32.2. The van der Waals surface area contributed by atoms with Gasteiger partial charge < -0.3 is 5.32 Å². The molecule has 1 aromatic carbocycles. The number of thioether (sulfide) groups is 2. The molecular weight excluding hydrogens is 288 g/mol. The van der Waals surface area contributed by atoms with Crippen molar-refractivity contribution in [1.82, 2.24) is 0 Å². The summed E-state index contributed by atoms with van der Waals surface area (Å²) in [6.45, 7) is 6.99. The van der Waals surface area contributed by atoms with Gasteiger partial charge in [-0.2, -0.15) is 0 Å². The van der Waals surface area contributed by atoms with Crippen LogP contribution >= 0.6 is 23.5 Å². The second-order valence-electron chi connectivity index (χ2n) is 4.82. The van der Waals surface area contributed by atoms with E-state index in [1.54, 1.807) is 23.5 Å². The zero-order valence-electron chi connectivity index (χ0n) is 12.1. The molecule has 1 N–H and O–H groups in total. The number of aliphatic imine (C=N–C) groups is 1. The summed E-state index contributed by atoms with van der Waals surface area (Å²) < 4.78 is 1.05. The highest BCUT2D eigenvalue weighted by Crippen LogP contribution is 2.28. The SMILES string of the molecule is CCC(SC1=NCCS1)C(=O)Nc1ccc(C)cc1C. The molecule has 0 fully saturated rings. The Morgan fingerprint density at radius 3 is 2.90 bits per heavy atom. The lowest BCUT2D eigenvalue weighted by atomic mass is 10.1. The van der Waals surface area contributed by atoms with Gasteiger partial charge >= 0.3 is 0 Å². The van der Waals surface area contributed by atoms with E-state index in [0.717, 1.165) is 34.3 Å². The highest BCUT2D eigenvalue weighted by Gasteiger charge is 2.22. The Hall–Kier alpha value is -0.940. The topological polar surface area (TPSA) is 41.5 Å². The van der Waals surface area contributed by atoms with Crippen LogP contribution in [0.15, 0.2) is 23.2 Å². The Labute approximate surface area is 129 Å². The third kappa shape index (κ3) is 4.03. The van der Waals surface area contributed by atoms with E-state index in [1.807, 2.05) is 26.0 Å². The minimum atomic E-state index is -0.0694. The van der Waals surface area contributed by atoms with Crippen molar-refractivity contribution in [2.45, 2.75) is 32.4 Å². The molecule has 20 heavy (non-hydrogen) atoms. The Kier molecular flexibility index (Phi) is 5.54. The highest BCUT2D eigenvalue weighted by molar-refractivity contribution is 8.39. The largest absolute Gasteiger partial charge is 0.325 e. The number of hydrogen-bond donors (Lipinski definition) is 1. The van der Waals surface area contributed by atoms with E-state index < -0.39 is 0 Å². The molecule has 0 bridgehead atoms. The van der Waals surface area contributed by atoms with Crippen molar-refractivity contribution < 1.29 is 4.79 Å². The maximum atomic E-state index is 12.4. The van der Waals surface area contributed by atoms with E-state index in [4.69, 9.17) is 0 Å². The number of benzene rings is 1. The minimum Gasteiger partial charge on any atom is -0.325 e. The number of aryl methyl sites for hydroxylation is 2. The number of nitrogens with one attached hydrogen (secondary N) is 1. The lowest BCUT2D eigenvalue weighted by molar-refractivity contribution is -0.115. The van der Waals surface area contributed by atoms with E-state index in [2.05, 4.69) is 23.3 Å². The molecule has 2 rings (SSSR count). The van der Waals surface area contributed by atoms with Gasteiger partial charge in [-0.15, -0.1) is 0 Å². The van der Waals surface area contributed by atoms with E-state index in [0.29, 0.717) is 0 Å². The number of nitrogens with zero attached hydrogens (tertiary/aromatic N) is 1. The smallest absolute Gasteiger partial charge is 0.237 e. The second-order valence-corrected chi connectivity index (χ2v) is 7.35. The van der Waals surface area contributed by atoms with Crippen LogP contribution in [0.3, 0.4) is 0 Å². The number of anilines is 1. The summed E-state index contributed by atoms with van der Waals surface area (Å²) in [4.78, 5) is 16.8. The molecule has 0 spiro atoms. The van der Waals surface area contributed by atoms with Gasteiger partial charge in [0.1, 0.15) is 4.38 Å². The Bertz CT molecular complexity index is 529. The Morgan fingerprint density at radius 1 is 1.50 bits per heavy atom. The molecule has 3 nitrogen and oxygen atoms in total. The van der Waals surface area contributed by atoms with Crippen LogP contribution in [-0.4, -0.2) is 27.8 Å². The molecule has 0 saturated heterocycles. The second kappa shape index (κ2) is 7.18. The normalized spacial score (nSPS) is 15.8. The minimum absolute atomic E-state index is 0.0691. The summed E-state index contributed by atoms with van der Waals surface area (Å²) in [5.74, 6) is 1.11. The fourth-order valence-corrected chi connectivity index (χ4v) is 4.15. The molecule has 0 aromatic heterocycles. The van der Waals surface area contributed by atoms with Gasteiger partial charge in [-0.1, -0.05) is 48.1 Å². The van der Waals surface area contributed by atoms with Crippen molar-refractivity contribution >= 4 is 39.5 Å². The molecule has 1 aliphatic heterocycles. The molecule has 1 atom stereocenters. The van der Waals surface area contributed by atoms with Crippen molar-refractivity contribution in [3.05, 3.63) is 29.3 Å². The lowest BCUT2D eigenvalue weighted by Crippen LogP contribution is -2.25. The van der Waals surface area contributed by atoms with Gasteiger partial charge in [0.05, 0.1) is 11.8 Å². The first kappa shape index (κ1) is 15.4. The number of hydrogen-bond acceptors (Lipinski definition) is 4. The van der Waals surface area contributed by atoms with Crippen molar-refractivity contribution in [3.8, 4) is 0 Å². The number of carbonyl (C=O) groups excluding carboxylic acids is 1. The van der Waals surface area contributed by atoms with Gasteiger partial charge in [0, 0.05) is 11.4 Å². The van der Waals surface area contributed by atoms with Gasteiger partial charge in [-0.3, -0.25) is 9.79 Å². The maximum absolute atomic E-state index is 12.4. The first-order valence-corrected chi connectivity index (χ1v) is 8.68. The molecule has 0 radical (unpaired) electrons. The van der Waals surface area contributed by atoms with Gasteiger partial charge in [-0.05, 0) is 31.9 Å². The van der Waals surface area contributed by atoms with E-state index in [1.165, 1.54) is 5.56 Å². The van der Waals surface area contributed by atoms with Crippen molar-refractivity contribution in [2.24, 2.45) is 4.99 Å². The molecule has 1 amide bonds. The van der Waals surface area contributed by atoms with Crippen molar-refractivity contribution in [1.29, 1.82) is 0 Å². The van der Waals surface area contributed by atoms with E-state index in [9.17, 15) is 4.79 Å². The first-order valence-electron chi connectivity index (χ1n) is 6.82. The molecule has 1 heterocycles. The fraction of sp³-hybridized carbons (Fsp3) is 0.467. The third-order valence-corrected chi connectivity index (χ3v) is 5.67. The quantitative estimate of drug-likeness (QED) is 0.918. The standard InChI is InChI=1S/C15H20N2OS2/c1-4-13(20-15-16-7-8-19-15)14(18)17-12-6-5-10(2)9-11(12)3/h5-6,9,13H,4,7-8H2,1-3H3,(H,17,18). The summed E-state index contributed by atoms with van der Waals surface area (Å²) in [6, 6.07) is 6.08. The number of rotatable bonds is 4.